The van der Waals surface area contributed by atoms with E-state index in [9.17, 15) is 4.79 Å². The van der Waals surface area contributed by atoms with Gasteiger partial charge in [-0.15, -0.1) is 0 Å². The van der Waals surface area contributed by atoms with Gasteiger partial charge in [-0.05, 0) is 38.5 Å². The van der Waals surface area contributed by atoms with Crippen LogP contribution < -0.4 is 5.32 Å². The Morgan fingerprint density at radius 3 is 2.40 bits per heavy atom. The second-order valence-electron chi connectivity index (χ2n) is 5.51. The highest BCUT2D eigenvalue weighted by Gasteiger charge is 2.23. The molecule has 1 heterocycles. The molecule has 1 amide bonds. The van der Waals surface area contributed by atoms with Gasteiger partial charge in [0.15, 0.2) is 0 Å². The first-order valence-corrected chi connectivity index (χ1v) is 6.53. The van der Waals surface area contributed by atoms with Crippen LogP contribution in [-0.4, -0.2) is 11.7 Å². The minimum Gasteiger partial charge on any atom is -0.467 e. The number of alkyl carbamates (subject to hydrolysis) is 1. The van der Waals surface area contributed by atoms with Crippen molar-refractivity contribution in [1.29, 1.82) is 0 Å². The minimum atomic E-state index is -0.533. The van der Waals surface area contributed by atoms with E-state index in [1.807, 2.05) is 57.2 Å². The summed E-state index contributed by atoms with van der Waals surface area (Å²) in [6.07, 6.45) is 1.12. The lowest BCUT2D eigenvalue weighted by atomic mass is 10.1. The molecule has 1 aromatic carbocycles. The van der Waals surface area contributed by atoms with Gasteiger partial charge in [0.1, 0.15) is 17.4 Å². The van der Waals surface area contributed by atoms with Gasteiger partial charge in [0.25, 0.3) is 0 Å². The highest BCUT2D eigenvalue weighted by molar-refractivity contribution is 5.69. The maximum Gasteiger partial charge on any atom is 0.408 e. The third-order valence-electron chi connectivity index (χ3n) is 2.62. The van der Waals surface area contributed by atoms with Crippen LogP contribution in [0.2, 0.25) is 0 Å². The van der Waals surface area contributed by atoms with Crippen molar-refractivity contribution in [3.05, 3.63) is 60.1 Å². The number of carbonyl (C=O) groups is 1. The van der Waals surface area contributed by atoms with Gasteiger partial charge in [-0.1, -0.05) is 30.3 Å². The van der Waals surface area contributed by atoms with Gasteiger partial charge in [-0.3, -0.25) is 0 Å². The number of benzene rings is 1. The molecule has 0 bridgehead atoms. The van der Waals surface area contributed by atoms with Crippen molar-refractivity contribution >= 4 is 6.09 Å². The normalized spacial score (nSPS) is 12.8. The number of amides is 1. The van der Waals surface area contributed by atoms with E-state index in [2.05, 4.69) is 5.32 Å². The molecule has 1 N–H and O–H groups in total. The molecule has 0 radical (unpaired) electrons. The van der Waals surface area contributed by atoms with Crippen molar-refractivity contribution in [3.8, 4) is 0 Å². The standard InChI is InChI=1S/C16H19NO3/c1-16(2,3)20-15(18)17-14(13-10-7-11-19-13)12-8-5-4-6-9-12/h4-11,14H,1-3H3,(H,17,18). The van der Waals surface area contributed by atoms with Crippen molar-refractivity contribution < 1.29 is 13.9 Å². The lowest BCUT2D eigenvalue weighted by molar-refractivity contribution is 0.0507. The maximum absolute atomic E-state index is 12.0. The molecule has 2 rings (SSSR count). The molecule has 1 unspecified atom stereocenters. The van der Waals surface area contributed by atoms with E-state index in [0.29, 0.717) is 5.76 Å². The average Bonchev–Trinajstić information content (AvgIpc) is 2.88. The molecule has 4 heteroatoms. The Kier molecular flexibility index (Phi) is 4.13. The van der Waals surface area contributed by atoms with E-state index in [0.717, 1.165) is 5.56 Å². The third-order valence-corrected chi connectivity index (χ3v) is 2.62. The fourth-order valence-corrected chi connectivity index (χ4v) is 1.85. The molecular formula is C16H19NO3. The molecule has 0 saturated heterocycles. The number of carbonyl (C=O) groups excluding carboxylic acids is 1. The van der Waals surface area contributed by atoms with Crippen LogP contribution in [0.5, 0.6) is 0 Å². The summed E-state index contributed by atoms with van der Waals surface area (Å²) in [5, 5.41) is 2.84. The monoisotopic (exact) mass is 273 g/mol. The smallest absolute Gasteiger partial charge is 0.408 e. The molecule has 20 heavy (non-hydrogen) atoms. The summed E-state index contributed by atoms with van der Waals surface area (Å²) in [6.45, 7) is 5.49. The number of hydrogen-bond donors (Lipinski definition) is 1. The quantitative estimate of drug-likeness (QED) is 0.922. The fourth-order valence-electron chi connectivity index (χ4n) is 1.85. The molecule has 0 aliphatic carbocycles. The SMILES string of the molecule is CC(C)(C)OC(=O)NC(c1ccccc1)c1ccco1. The van der Waals surface area contributed by atoms with Crippen LogP contribution in [-0.2, 0) is 4.74 Å². The van der Waals surface area contributed by atoms with Crippen molar-refractivity contribution in [2.75, 3.05) is 0 Å². The zero-order chi connectivity index (χ0) is 14.6. The van der Waals surface area contributed by atoms with Crippen LogP contribution in [0.25, 0.3) is 0 Å². The molecule has 1 aromatic heterocycles. The Bertz CT molecular complexity index is 541. The molecule has 1 atom stereocenters. The summed E-state index contributed by atoms with van der Waals surface area (Å²) in [5.74, 6) is 0.669. The average molecular weight is 273 g/mol. The first kappa shape index (κ1) is 14.2. The van der Waals surface area contributed by atoms with Crippen molar-refractivity contribution in [2.24, 2.45) is 0 Å². The zero-order valence-corrected chi connectivity index (χ0v) is 11.9. The van der Waals surface area contributed by atoms with Crippen LogP contribution in [0.4, 0.5) is 4.79 Å². The van der Waals surface area contributed by atoms with E-state index in [1.54, 1.807) is 12.3 Å². The fraction of sp³-hybridized carbons (Fsp3) is 0.312. The second-order valence-corrected chi connectivity index (χ2v) is 5.51. The molecule has 0 saturated carbocycles. The molecule has 0 aliphatic rings. The van der Waals surface area contributed by atoms with Crippen molar-refractivity contribution in [2.45, 2.75) is 32.4 Å². The van der Waals surface area contributed by atoms with Gasteiger partial charge in [0, 0.05) is 0 Å². The molecule has 2 aromatic rings. The number of nitrogens with one attached hydrogen (secondary N) is 1. The van der Waals surface area contributed by atoms with E-state index < -0.39 is 11.7 Å². The van der Waals surface area contributed by atoms with Gasteiger partial charge in [0.05, 0.1) is 6.26 Å². The second kappa shape index (κ2) is 5.82. The summed E-state index contributed by atoms with van der Waals surface area (Å²) < 4.78 is 10.7. The summed E-state index contributed by atoms with van der Waals surface area (Å²) in [7, 11) is 0. The Hall–Kier alpha value is -2.23. The maximum atomic E-state index is 12.0. The Balaban J connectivity index is 2.19. The number of rotatable bonds is 3. The topological polar surface area (TPSA) is 51.5 Å². The molecule has 106 valence electrons. The van der Waals surface area contributed by atoms with Crippen molar-refractivity contribution in [3.63, 3.8) is 0 Å². The van der Waals surface area contributed by atoms with Crippen molar-refractivity contribution in [1.82, 2.24) is 5.32 Å². The van der Waals surface area contributed by atoms with E-state index >= 15 is 0 Å². The van der Waals surface area contributed by atoms with Gasteiger partial charge in [-0.2, -0.15) is 0 Å². The van der Waals surface area contributed by atoms with Gasteiger partial charge in [-0.25, -0.2) is 4.79 Å². The van der Waals surface area contributed by atoms with Crippen LogP contribution >= 0.6 is 0 Å². The van der Waals surface area contributed by atoms with Crippen LogP contribution in [0.15, 0.2) is 53.1 Å². The van der Waals surface area contributed by atoms with E-state index in [4.69, 9.17) is 9.15 Å². The molecular weight excluding hydrogens is 254 g/mol. The highest BCUT2D eigenvalue weighted by Crippen LogP contribution is 2.22. The Morgan fingerprint density at radius 1 is 1.15 bits per heavy atom. The summed E-state index contributed by atoms with van der Waals surface area (Å²) in [6, 6.07) is 12.9. The van der Waals surface area contributed by atoms with Crippen LogP contribution in [0.1, 0.15) is 38.1 Å². The molecule has 4 nitrogen and oxygen atoms in total. The number of furan rings is 1. The largest absolute Gasteiger partial charge is 0.467 e. The molecule has 0 aliphatic heterocycles. The first-order chi connectivity index (χ1) is 9.46. The third kappa shape index (κ3) is 3.88. The number of ether oxygens (including phenoxy) is 1. The predicted octanol–water partition coefficient (Wildman–Crippen LogP) is 3.89. The van der Waals surface area contributed by atoms with E-state index in [1.165, 1.54) is 0 Å². The predicted molar refractivity (Wildman–Crippen MR) is 76.4 cm³/mol. The highest BCUT2D eigenvalue weighted by atomic mass is 16.6. The Labute approximate surface area is 118 Å². The molecule has 0 spiro atoms. The molecule has 0 fully saturated rings. The Morgan fingerprint density at radius 2 is 1.85 bits per heavy atom. The summed E-state index contributed by atoms with van der Waals surface area (Å²) in [4.78, 5) is 12.0. The summed E-state index contributed by atoms with van der Waals surface area (Å²) in [5.41, 5.74) is 0.405. The lowest BCUT2D eigenvalue weighted by Gasteiger charge is -2.23. The van der Waals surface area contributed by atoms with Gasteiger partial charge >= 0.3 is 6.09 Å². The van der Waals surface area contributed by atoms with Gasteiger partial charge in [0.2, 0.25) is 0 Å². The summed E-state index contributed by atoms with van der Waals surface area (Å²) >= 11 is 0. The van der Waals surface area contributed by atoms with Crippen LogP contribution in [0, 0.1) is 0 Å². The van der Waals surface area contributed by atoms with Crippen LogP contribution in [0.3, 0.4) is 0 Å². The van der Waals surface area contributed by atoms with E-state index in [-0.39, 0.29) is 6.04 Å². The lowest BCUT2D eigenvalue weighted by Crippen LogP contribution is -2.35. The minimum absolute atomic E-state index is 0.360. The first-order valence-electron chi connectivity index (χ1n) is 6.53. The number of hydrogen-bond acceptors (Lipinski definition) is 3. The zero-order valence-electron chi connectivity index (χ0n) is 11.9. The van der Waals surface area contributed by atoms with Gasteiger partial charge < -0.3 is 14.5 Å².